The second-order valence-electron chi connectivity index (χ2n) is 6.39. The van der Waals surface area contributed by atoms with Crippen LogP contribution in [0, 0.1) is 5.92 Å². The quantitative estimate of drug-likeness (QED) is 0.774. The Hall–Kier alpha value is -1.59. The predicted octanol–water partition coefficient (Wildman–Crippen LogP) is 1.88. The van der Waals surface area contributed by atoms with Crippen LogP contribution in [0.4, 0.5) is 4.79 Å². The Labute approximate surface area is 126 Å². The number of rotatable bonds is 5. The standard InChI is InChI=1S/C16H25N3O2/c1-16(2,18-15(20)21)13-8-14(9-17)19(11-13)10-12-6-4-3-5-7-12/h3-7,13-14,18H,8-11,17H2,1-2H3,(H,20,21)/t13?,14-/m0/s1. The molecule has 1 aliphatic rings. The van der Waals surface area contributed by atoms with Crippen molar-refractivity contribution < 1.29 is 9.90 Å². The van der Waals surface area contributed by atoms with Crippen LogP contribution in [0.2, 0.25) is 0 Å². The number of benzene rings is 1. The molecule has 116 valence electrons. The zero-order chi connectivity index (χ0) is 15.5. The summed E-state index contributed by atoms with van der Waals surface area (Å²) in [7, 11) is 0. The highest BCUT2D eigenvalue weighted by atomic mass is 16.4. The molecule has 1 saturated heterocycles. The minimum absolute atomic E-state index is 0.269. The van der Waals surface area contributed by atoms with E-state index in [0.29, 0.717) is 12.6 Å². The summed E-state index contributed by atoms with van der Waals surface area (Å²) in [6.07, 6.45) is -0.0396. The van der Waals surface area contributed by atoms with Gasteiger partial charge in [-0.05, 0) is 31.7 Å². The van der Waals surface area contributed by atoms with Gasteiger partial charge in [-0.2, -0.15) is 0 Å². The zero-order valence-corrected chi connectivity index (χ0v) is 12.7. The molecule has 0 aliphatic carbocycles. The molecular weight excluding hydrogens is 266 g/mol. The second-order valence-corrected chi connectivity index (χ2v) is 6.39. The Bertz CT molecular complexity index is 476. The maximum atomic E-state index is 10.9. The zero-order valence-electron chi connectivity index (χ0n) is 12.7. The smallest absolute Gasteiger partial charge is 0.405 e. The highest BCUT2D eigenvalue weighted by Crippen LogP contribution is 2.32. The summed E-state index contributed by atoms with van der Waals surface area (Å²) in [4.78, 5) is 13.3. The molecule has 0 aromatic heterocycles. The van der Waals surface area contributed by atoms with E-state index in [4.69, 9.17) is 10.8 Å². The second kappa shape index (κ2) is 6.45. The third kappa shape index (κ3) is 3.95. The summed E-state index contributed by atoms with van der Waals surface area (Å²) >= 11 is 0. The van der Waals surface area contributed by atoms with Crippen LogP contribution in [0.5, 0.6) is 0 Å². The maximum absolute atomic E-state index is 10.9. The summed E-state index contributed by atoms with van der Waals surface area (Å²) < 4.78 is 0. The first-order chi connectivity index (χ1) is 9.92. The van der Waals surface area contributed by atoms with E-state index in [9.17, 15) is 4.79 Å². The molecule has 0 radical (unpaired) electrons. The fraction of sp³-hybridized carbons (Fsp3) is 0.562. The minimum atomic E-state index is -0.967. The molecule has 1 aromatic rings. The average molecular weight is 291 g/mol. The molecule has 1 aromatic carbocycles. The van der Waals surface area contributed by atoms with Crippen LogP contribution in [0.15, 0.2) is 30.3 Å². The molecule has 5 heteroatoms. The van der Waals surface area contributed by atoms with Crippen LogP contribution >= 0.6 is 0 Å². The number of likely N-dealkylation sites (tertiary alicyclic amines) is 1. The Morgan fingerprint density at radius 1 is 1.43 bits per heavy atom. The first kappa shape index (κ1) is 15.8. The van der Waals surface area contributed by atoms with E-state index in [2.05, 4.69) is 22.3 Å². The first-order valence-corrected chi connectivity index (χ1v) is 7.41. The Balaban J connectivity index is 2.05. The van der Waals surface area contributed by atoms with Crippen molar-refractivity contribution in [3.05, 3.63) is 35.9 Å². The van der Waals surface area contributed by atoms with Gasteiger partial charge in [0.05, 0.1) is 0 Å². The fourth-order valence-electron chi connectivity index (χ4n) is 3.14. The van der Waals surface area contributed by atoms with E-state index < -0.39 is 11.6 Å². The lowest BCUT2D eigenvalue weighted by molar-refractivity contribution is 0.166. The molecule has 1 unspecified atom stereocenters. The van der Waals surface area contributed by atoms with Crippen LogP contribution in [0.1, 0.15) is 25.8 Å². The lowest BCUT2D eigenvalue weighted by atomic mass is 9.85. The Kier molecular flexibility index (Phi) is 4.85. The molecule has 0 spiro atoms. The van der Waals surface area contributed by atoms with Gasteiger partial charge in [-0.15, -0.1) is 0 Å². The number of nitrogens with one attached hydrogen (secondary N) is 1. The van der Waals surface area contributed by atoms with Crippen molar-refractivity contribution in [3.8, 4) is 0 Å². The maximum Gasteiger partial charge on any atom is 0.405 e. The summed E-state index contributed by atoms with van der Waals surface area (Å²) in [5, 5.41) is 11.6. The van der Waals surface area contributed by atoms with Gasteiger partial charge in [-0.25, -0.2) is 4.79 Å². The topological polar surface area (TPSA) is 78.6 Å². The number of hydrogen-bond donors (Lipinski definition) is 3. The van der Waals surface area contributed by atoms with Gasteiger partial charge < -0.3 is 16.2 Å². The number of carbonyl (C=O) groups is 1. The van der Waals surface area contributed by atoms with Crippen LogP contribution in [0.25, 0.3) is 0 Å². The van der Waals surface area contributed by atoms with Crippen LogP contribution < -0.4 is 11.1 Å². The largest absolute Gasteiger partial charge is 0.465 e. The minimum Gasteiger partial charge on any atom is -0.465 e. The molecule has 1 amide bonds. The van der Waals surface area contributed by atoms with Crippen LogP contribution in [-0.2, 0) is 6.54 Å². The SMILES string of the molecule is CC(C)(NC(=O)O)C1C[C@@H](CN)N(Cc2ccccc2)C1. The van der Waals surface area contributed by atoms with E-state index in [0.717, 1.165) is 19.5 Å². The molecule has 2 atom stereocenters. The highest BCUT2D eigenvalue weighted by molar-refractivity contribution is 5.65. The van der Waals surface area contributed by atoms with Gasteiger partial charge in [0.2, 0.25) is 0 Å². The van der Waals surface area contributed by atoms with Crippen molar-refractivity contribution in [1.82, 2.24) is 10.2 Å². The van der Waals surface area contributed by atoms with Crippen LogP contribution in [-0.4, -0.2) is 40.8 Å². The summed E-state index contributed by atoms with van der Waals surface area (Å²) in [6, 6.07) is 10.6. The number of nitrogens with two attached hydrogens (primary N) is 1. The van der Waals surface area contributed by atoms with Crippen molar-refractivity contribution in [1.29, 1.82) is 0 Å². The van der Waals surface area contributed by atoms with Crippen molar-refractivity contribution in [2.24, 2.45) is 11.7 Å². The van der Waals surface area contributed by atoms with Crippen molar-refractivity contribution in [2.45, 2.75) is 38.4 Å². The molecule has 1 fully saturated rings. The Morgan fingerprint density at radius 3 is 2.67 bits per heavy atom. The molecular formula is C16H25N3O2. The lowest BCUT2D eigenvalue weighted by Crippen LogP contribution is -2.49. The molecule has 4 N–H and O–H groups in total. The van der Waals surface area contributed by atoms with Crippen LogP contribution in [0.3, 0.4) is 0 Å². The van der Waals surface area contributed by atoms with Gasteiger partial charge in [0.1, 0.15) is 0 Å². The van der Waals surface area contributed by atoms with E-state index >= 15 is 0 Å². The van der Waals surface area contributed by atoms with Gasteiger partial charge in [0.25, 0.3) is 0 Å². The van der Waals surface area contributed by atoms with Crippen molar-refractivity contribution in [3.63, 3.8) is 0 Å². The fourth-order valence-corrected chi connectivity index (χ4v) is 3.14. The summed E-state index contributed by atoms with van der Waals surface area (Å²) in [5.74, 6) is 0.269. The lowest BCUT2D eigenvalue weighted by Gasteiger charge is -2.31. The Morgan fingerprint density at radius 2 is 2.10 bits per heavy atom. The molecule has 2 rings (SSSR count). The third-order valence-corrected chi connectivity index (χ3v) is 4.48. The van der Waals surface area contributed by atoms with Gasteiger partial charge in [0.15, 0.2) is 0 Å². The van der Waals surface area contributed by atoms with E-state index in [1.807, 2.05) is 32.0 Å². The van der Waals surface area contributed by atoms with E-state index in [-0.39, 0.29) is 5.92 Å². The van der Waals surface area contributed by atoms with Gasteiger partial charge in [0, 0.05) is 31.2 Å². The summed E-state index contributed by atoms with van der Waals surface area (Å²) in [6.45, 7) is 6.23. The van der Waals surface area contributed by atoms with E-state index in [1.165, 1.54) is 5.56 Å². The average Bonchev–Trinajstić information content (AvgIpc) is 2.82. The van der Waals surface area contributed by atoms with Gasteiger partial charge >= 0.3 is 6.09 Å². The molecule has 1 aliphatic heterocycles. The third-order valence-electron chi connectivity index (χ3n) is 4.48. The highest BCUT2D eigenvalue weighted by Gasteiger charge is 2.40. The molecule has 5 nitrogen and oxygen atoms in total. The van der Waals surface area contributed by atoms with E-state index in [1.54, 1.807) is 0 Å². The normalized spacial score (nSPS) is 23.2. The number of hydrogen-bond acceptors (Lipinski definition) is 3. The molecule has 0 bridgehead atoms. The predicted molar refractivity (Wildman–Crippen MR) is 83.0 cm³/mol. The number of amides is 1. The van der Waals surface area contributed by atoms with Gasteiger partial charge in [-0.3, -0.25) is 4.90 Å². The molecule has 1 heterocycles. The molecule has 0 saturated carbocycles. The molecule has 21 heavy (non-hydrogen) atoms. The first-order valence-electron chi connectivity index (χ1n) is 7.41. The number of carboxylic acid groups (broad SMARTS) is 1. The monoisotopic (exact) mass is 291 g/mol. The number of nitrogens with zero attached hydrogens (tertiary/aromatic N) is 1. The van der Waals surface area contributed by atoms with Crippen molar-refractivity contribution >= 4 is 6.09 Å². The van der Waals surface area contributed by atoms with Crippen molar-refractivity contribution in [2.75, 3.05) is 13.1 Å². The van der Waals surface area contributed by atoms with Gasteiger partial charge in [-0.1, -0.05) is 30.3 Å². The summed E-state index contributed by atoms with van der Waals surface area (Å²) in [5.41, 5.74) is 6.73.